The molecule has 0 saturated carbocycles. The minimum atomic E-state index is -1.03. The van der Waals surface area contributed by atoms with E-state index in [4.69, 9.17) is 14.6 Å². The summed E-state index contributed by atoms with van der Waals surface area (Å²) in [5, 5.41) is 11.4. The van der Waals surface area contributed by atoms with Crippen LogP contribution in [0.4, 0.5) is 10.5 Å². The number of rotatable bonds is 4. The first-order chi connectivity index (χ1) is 10.0. The van der Waals surface area contributed by atoms with Crippen LogP contribution in [0.5, 0.6) is 5.75 Å². The lowest BCUT2D eigenvalue weighted by molar-refractivity contribution is -0.139. The van der Waals surface area contributed by atoms with Crippen LogP contribution >= 0.6 is 0 Å². The number of amides is 1. The Hall–Kier alpha value is -2.24. The smallest absolute Gasteiger partial charge is 0.412 e. The van der Waals surface area contributed by atoms with Gasteiger partial charge in [-0.2, -0.15) is 0 Å². The van der Waals surface area contributed by atoms with Crippen molar-refractivity contribution < 1.29 is 24.2 Å². The number of carboxylic acids is 1. The maximum atomic E-state index is 11.9. The van der Waals surface area contributed by atoms with Crippen LogP contribution in [-0.4, -0.2) is 29.4 Å². The van der Waals surface area contributed by atoms with Crippen molar-refractivity contribution in [2.45, 2.75) is 47.1 Å². The monoisotopic (exact) mass is 309 g/mol. The molecule has 1 aromatic carbocycles. The van der Waals surface area contributed by atoms with E-state index in [1.54, 1.807) is 33.8 Å². The molecule has 0 heterocycles. The van der Waals surface area contributed by atoms with Gasteiger partial charge in [0.2, 0.25) is 0 Å². The summed E-state index contributed by atoms with van der Waals surface area (Å²) in [5.74, 6) is -0.512. The van der Waals surface area contributed by atoms with Gasteiger partial charge in [0.05, 0.1) is 0 Å². The van der Waals surface area contributed by atoms with Gasteiger partial charge >= 0.3 is 12.1 Å². The number of nitrogens with one attached hydrogen (secondary N) is 1. The van der Waals surface area contributed by atoms with Crippen molar-refractivity contribution in [2.24, 2.45) is 0 Å². The summed E-state index contributed by atoms with van der Waals surface area (Å²) < 4.78 is 10.5. The van der Waals surface area contributed by atoms with Crippen LogP contribution in [-0.2, 0) is 9.53 Å². The van der Waals surface area contributed by atoms with Crippen LogP contribution in [0.3, 0.4) is 0 Å². The number of aliphatic carboxylic acids is 1. The number of carbonyl (C=O) groups is 2. The third kappa shape index (κ3) is 4.95. The molecule has 0 saturated heterocycles. The van der Waals surface area contributed by atoms with Crippen molar-refractivity contribution >= 4 is 17.7 Å². The summed E-state index contributed by atoms with van der Waals surface area (Å²) in [6.45, 7) is 10.4. The molecule has 0 aromatic heterocycles. The first-order valence-corrected chi connectivity index (χ1v) is 6.96. The maximum Gasteiger partial charge on any atom is 0.412 e. The Kier molecular flexibility index (Phi) is 5.41. The second-order valence-corrected chi connectivity index (χ2v) is 6.13. The van der Waals surface area contributed by atoms with E-state index >= 15 is 0 Å². The largest absolute Gasteiger partial charge is 0.481 e. The average molecular weight is 309 g/mol. The third-order valence-corrected chi connectivity index (χ3v) is 3.00. The molecule has 0 fully saturated rings. The van der Waals surface area contributed by atoms with Gasteiger partial charge in [0.1, 0.15) is 11.4 Å². The van der Waals surface area contributed by atoms with E-state index in [9.17, 15) is 9.59 Å². The molecule has 6 heteroatoms. The molecule has 6 nitrogen and oxygen atoms in total. The third-order valence-electron chi connectivity index (χ3n) is 3.00. The number of carboxylic acid groups (broad SMARTS) is 1. The lowest BCUT2D eigenvalue weighted by atomic mass is 10.0. The molecule has 1 aromatic rings. The average Bonchev–Trinajstić information content (AvgIpc) is 2.32. The highest BCUT2D eigenvalue weighted by Crippen LogP contribution is 2.32. The molecule has 0 atom stereocenters. The Morgan fingerprint density at radius 2 is 1.77 bits per heavy atom. The number of hydrogen-bond acceptors (Lipinski definition) is 4. The first kappa shape index (κ1) is 17.8. The van der Waals surface area contributed by atoms with E-state index < -0.39 is 24.3 Å². The summed E-state index contributed by atoms with van der Waals surface area (Å²) >= 11 is 0. The molecule has 0 radical (unpaired) electrons. The summed E-state index contributed by atoms with van der Waals surface area (Å²) in [7, 11) is 0. The van der Waals surface area contributed by atoms with Crippen LogP contribution in [0, 0.1) is 20.8 Å². The van der Waals surface area contributed by atoms with Crippen LogP contribution in [0.2, 0.25) is 0 Å². The fourth-order valence-electron chi connectivity index (χ4n) is 1.96. The topological polar surface area (TPSA) is 84.9 Å². The van der Waals surface area contributed by atoms with E-state index in [2.05, 4.69) is 5.32 Å². The van der Waals surface area contributed by atoms with Crippen molar-refractivity contribution in [2.75, 3.05) is 11.9 Å². The lowest BCUT2D eigenvalue weighted by Crippen LogP contribution is -2.27. The van der Waals surface area contributed by atoms with Crippen molar-refractivity contribution in [1.82, 2.24) is 0 Å². The van der Waals surface area contributed by atoms with Gasteiger partial charge in [-0.25, -0.2) is 9.59 Å². The molecule has 0 bridgehead atoms. The summed E-state index contributed by atoms with van der Waals surface area (Å²) in [6, 6.07) is 1.74. The van der Waals surface area contributed by atoms with Gasteiger partial charge in [0, 0.05) is 5.69 Å². The minimum absolute atomic E-state index is 0.403. The zero-order chi connectivity index (χ0) is 17.1. The summed E-state index contributed by atoms with van der Waals surface area (Å²) in [5.41, 5.74) is 2.37. The van der Waals surface area contributed by atoms with E-state index in [0.717, 1.165) is 16.7 Å². The van der Waals surface area contributed by atoms with Crippen LogP contribution in [0.15, 0.2) is 6.07 Å². The molecule has 2 N–H and O–H groups in total. The Bertz CT molecular complexity index is 587. The highest BCUT2D eigenvalue weighted by Gasteiger charge is 2.19. The second kappa shape index (κ2) is 6.68. The molecule has 22 heavy (non-hydrogen) atoms. The second-order valence-electron chi connectivity index (χ2n) is 6.13. The van der Waals surface area contributed by atoms with Gasteiger partial charge < -0.3 is 14.6 Å². The van der Waals surface area contributed by atoms with Crippen LogP contribution < -0.4 is 10.1 Å². The van der Waals surface area contributed by atoms with Crippen molar-refractivity contribution in [3.63, 3.8) is 0 Å². The Labute approximate surface area is 130 Å². The molecule has 1 rings (SSSR count). The first-order valence-electron chi connectivity index (χ1n) is 6.96. The lowest BCUT2D eigenvalue weighted by Gasteiger charge is -2.21. The molecule has 122 valence electrons. The van der Waals surface area contributed by atoms with Crippen molar-refractivity contribution in [3.8, 4) is 5.75 Å². The fraction of sp³-hybridized carbons (Fsp3) is 0.500. The van der Waals surface area contributed by atoms with E-state index in [0.29, 0.717) is 11.4 Å². The highest BCUT2D eigenvalue weighted by atomic mass is 16.6. The molecule has 0 spiro atoms. The van der Waals surface area contributed by atoms with E-state index in [1.165, 1.54) is 0 Å². The van der Waals surface area contributed by atoms with E-state index in [-0.39, 0.29) is 0 Å². The van der Waals surface area contributed by atoms with Crippen LogP contribution in [0.25, 0.3) is 0 Å². The van der Waals surface area contributed by atoms with Gasteiger partial charge in [-0.15, -0.1) is 0 Å². The summed E-state index contributed by atoms with van der Waals surface area (Å²) in [6.07, 6.45) is -0.534. The van der Waals surface area contributed by atoms with Gasteiger partial charge in [-0.1, -0.05) is 0 Å². The van der Waals surface area contributed by atoms with Crippen molar-refractivity contribution in [3.05, 3.63) is 22.8 Å². The number of benzene rings is 1. The van der Waals surface area contributed by atoms with Crippen molar-refractivity contribution in [1.29, 1.82) is 0 Å². The van der Waals surface area contributed by atoms with E-state index in [1.807, 2.05) is 13.8 Å². The number of carbonyl (C=O) groups excluding carboxylic acids is 1. The molecule has 0 aliphatic rings. The predicted octanol–water partition coefficient (Wildman–Crippen LogP) is 3.42. The highest BCUT2D eigenvalue weighted by molar-refractivity contribution is 5.87. The summed E-state index contributed by atoms with van der Waals surface area (Å²) in [4.78, 5) is 22.5. The number of aryl methyl sites for hydroxylation is 1. The van der Waals surface area contributed by atoms with Gasteiger partial charge in [-0.3, -0.25) is 5.32 Å². The Morgan fingerprint density at radius 3 is 2.27 bits per heavy atom. The van der Waals surface area contributed by atoms with Gasteiger partial charge in [0.15, 0.2) is 6.61 Å². The molecule has 0 aliphatic heterocycles. The Morgan fingerprint density at radius 1 is 1.18 bits per heavy atom. The molecule has 0 aliphatic carbocycles. The number of anilines is 1. The quantitative estimate of drug-likeness (QED) is 0.890. The molecular formula is C16H23NO5. The minimum Gasteiger partial charge on any atom is -0.481 e. The molecule has 0 unspecified atom stereocenters. The molecular weight excluding hydrogens is 286 g/mol. The number of hydrogen-bond donors (Lipinski definition) is 2. The van der Waals surface area contributed by atoms with Gasteiger partial charge in [0.25, 0.3) is 0 Å². The number of ether oxygens (including phenoxy) is 2. The molecule has 1 amide bonds. The van der Waals surface area contributed by atoms with Gasteiger partial charge in [-0.05, 0) is 64.3 Å². The SMILES string of the molecule is Cc1cc(NC(=O)OC(C)(C)C)c(C)c(C)c1OCC(=O)O. The fourth-order valence-corrected chi connectivity index (χ4v) is 1.96. The van der Waals surface area contributed by atoms with Crippen LogP contribution in [0.1, 0.15) is 37.5 Å². The standard InChI is InChI=1S/C16H23NO5/c1-9-7-12(17-15(20)22-16(4,5)6)10(2)11(3)14(9)21-8-13(18)19/h7H,8H2,1-6H3,(H,17,20)(H,18,19). The maximum absolute atomic E-state index is 11.9. The zero-order valence-electron chi connectivity index (χ0n) is 13.9. The zero-order valence-corrected chi connectivity index (χ0v) is 13.9. The normalized spacial score (nSPS) is 11.0. The predicted molar refractivity (Wildman–Crippen MR) is 83.6 cm³/mol. The Balaban J connectivity index is 3.00.